The van der Waals surface area contributed by atoms with Gasteiger partial charge in [0.2, 0.25) is 0 Å². The molecule has 5 heteroatoms. The first-order valence-corrected chi connectivity index (χ1v) is 3.73. The molecule has 3 nitrogen and oxygen atoms in total. The number of benzene rings is 1. The molecule has 1 aliphatic rings. The smallest absolute Gasteiger partial charge is 0.347 e. The molecule has 1 aromatic rings. The summed E-state index contributed by atoms with van der Waals surface area (Å²) in [5.41, 5.74) is -0.0664. The van der Waals surface area contributed by atoms with E-state index >= 15 is 0 Å². The van der Waals surface area contributed by atoms with Crippen molar-refractivity contribution in [3.8, 4) is 0 Å². The van der Waals surface area contributed by atoms with Crippen LogP contribution in [0.25, 0.3) is 0 Å². The Balaban J connectivity index is 2.72. The van der Waals surface area contributed by atoms with Crippen molar-refractivity contribution in [2.45, 2.75) is 0 Å². The van der Waals surface area contributed by atoms with Crippen LogP contribution in [0.3, 0.4) is 0 Å². The molecule has 1 heterocycles. The van der Waals surface area contributed by atoms with Crippen LogP contribution in [0.2, 0.25) is 5.02 Å². The van der Waals surface area contributed by atoms with Gasteiger partial charge in [-0.25, -0.2) is 14.0 Å². The minimum atomic E-state index is -0.837. The van der Waals surface area contributed by atoms with E-state index in [4.69, 9.17) is 11.6 Å². The minimum Gasteiger partial charge on any atom is -0.386 e. The van der Waals surface area contributed by atoms with Crippen molar-refractivity contribution >= 4 is 23.5 Å². The summed E-state index contributed by atoms with van der Waals surface area (Å²) in [7, 11) is 0. The topological polar surface area (TPSA) is 43.4 Å². The number of ether oxygens (including phenoxy) is 1. The number of rotatable bonds is 0. The standard InChI is InChI=1S/C8H2ClFO3/c9-5-1-3-4(2-6(5)10)8(12)13-7(3)11/h1-2H. The number of hydrogen-bond donors (Lipinski definition) is 0. The summed E-state index contributed by atoms with van der Waals surface area (Å²) in [6.45, 7) is 0. The summed E-state index contributed by atoms with van der Waals surface area (Å²) in [5, 5.41) is -0.203. The Labute approximate surface area is 77.1 Å². The Morgan fingerprint density at radius 1 is 1.15 bits per heavy atom. The van der Waals surface area contributed by atoms with Crippen LogP contribution in [0.5, 0.6) is 0 Å². The minimum absolute atomic E-state index is 0.0106. The third-order valence-corrected chi connectivity index (χ3v) is 1.98. The zero-order chi connectivity index (χ0) is 9.59. The quantitative estimate of drug-likeness (QED) is 0.474. The van der Waals surface area contributed by atoms with E-state index in [1.54, 1.807) is 0 Å². The van der Waals surface area contributed by atoms with Crippen LogP contribution in [0.15, 0.2) is 12.1 Å². The van der Waals surface area contributed by atoms with Gasteiger partial charge >= 0.3 is 11.9 Å². The fourth-order valence-corrected chi connectivity index (χ4v) is 1.24. The van der Waals surface area contributed by atoms with Crippen molar-refractivity contribution < 1.29 is 18.7 Å². The molecule has 0 amide bonds. The monoisotopic (exact) mass is 200 g/mol. The number of cyclic esters (lactones) is 2. The fraction of sp³-hybridized carbons (Fsp3) is 0. The van der Waals surface area contributed by atoms with E-state index in [9.17, 15) is 14.0 Å². The Kier molecular flexibility index (Phi) is 1.60. The lowest BCUT2D eigenvalue weighted by atomic mass is 10.1. The first-order chi connectivity index (χ1) is 6.09. The Hall–Kier alpha value is -1.42. The maximum atomic E-state index is 12.8. The highest BCUT2D eigenvalue weighted by Gasteiger charge is 2.30. The van der Waals surface area contributed by atoms with E-state index in [-0.39, 0.29) is 16.1 Å². The Bertz CT molecular complexity index is 389. The highest BCUT2D eigenvalue weighted by Crippen LogP contribution is 2.25. The van der Waals surface area contributed by atoms with E-state index in [2.05, 4.69) is 4.74 Å². The van der Waals surface area contributed by atoms with E-state index in [0.29, 0.717) is 0 Å². The van der Waals surface area contributed by atoms with Crippen LogP contribution in [-0.4, -0.2) is 11.9 Å². The summed E-state index contributed by atoms with van der Waals surface area (Å²) in [6.07, 6.45) is 0. The SMILES string of the molecule is O=C1OC(=O)c2cc(Cl)c(F)cc21. The average molecular weight is 201 g/mol. The second-order valence-electron chi connectivity index (χ2n) is 2.49. The molecule has 0 N–H and O–H groups in total. The predicted molar refractivity (Wildman–Crippen MR) is 41.2 cm³/mol. The number of halogens is 2. The molecular weight excluding hydrogens is 199 g/mol. The first-order valence-electron chi connectivity index (χ1n) is 3.35. The van der Waals surface area contributed by atoms with E-state index < -0.39 is 17.8 Å². The number of hydrogen-bond acceptors (Lipinski definition) is 3. The van der Waals surface area contributed by atoms with Crippen molar-refractivity contribution in [2.75, 3.05) is 0 Å². The molecule has 1 aliphatic heterocycles. The molecule has 0 aliphatic carbocycles. The van der Waals surface area contributed by atoms with Crippen LogP contribution < -0.4 is 0 Å². The number of esters is 2. The van der Waals surface area contributed by atoms with Gasteiger partial charge in [0, 0.05) is 0 Å². The normalized spacial score (nSPS) is 14.3. The lowest BCUT2D eigenvalue weighted by Crippen LogP contribution is -1.96. The van der Waals surface area contributed by atoms with Gasteiger partial charge in [0.05, 0.1) is 16.1 Å². The van der Waals surface area contributed by atoms with Crippen molar-refractivity contribution in [1.82, 2.24) is 0 Å². The molecule has 66 valence electrons. The van der Waals surface area contributed by atoms with Crippen molar-refractivity contribution in [3.63, 3.8) is 0 Å². The third kappa shape index (κ3) is 1.10. The maximum absolute atomic E-state index is 12.8. The van der Waals surface area contributed by atoms with Crippen LogP contribution >= 0.6 is 11.6 Å². The molecule has 0 saturated heterocycles. The summed E-state index contributed by atoms with van der Waals surface area (Å²) in [4.78, 5) is 21.8. The maximum Gasteiger partial charge on any atom is 0.347 e. The molecule has 0 bridgehead atoms. The van der Waals surface area contributed by atoms with Gasteiger partial charge in [-0.2, -0.15) is 0 Å². The third-order valence-electron chi connectivity index (χ3n) is 1.69. The van der Waals surface area contributed by atoms with Gasteiger partial charge in [-0.15, -0.1) is 0 Å². The van der Waals surface area contributed by atoms with Gasteiger partial charge < -0.3 is 4.74 Å². The molecule has 0 unspecified atom stereocenters. The van der Waals surface area contributed by atoms with Crippen molar-refractivity contribution in [3.05, 3.63) is 34.1 Å². The van der Waals surface area contributed by atoms with Gasteiger partial charge in [0.15, 0.2) is 0 Å². The molecule has 0 spiro atoms. The van der Waals surface area contributed by atoms with Crippen LogP contribution in [0.1, 0.15) is 20.7 Å². The average Bonchev–Trinajstić information content (AvgIpc) is 2.31. The van der Waals surface area contributed by atoms with E-state index in [0.717, 1.165) is 12.1 Å². The lowest BCUT2D eigenvalue weighted by molar-refractivity contribution is 0.0443. The molecule has 0 radical (unpaired) electrons. The van der Waals surface area contributed by atoms with E-state index in [1.807, 2.05) is 0 Å². The van der Waals surface area contributed by atoms with Gasteiger partial charge in [0.1, 0.15) is 5.82 Å². The molecule has 0 aromatic heterocycles. The summed E-state index contributed by atoms with van der Waals surface area (Å²) in [6, 6.07) is 1.98. The zero-order valence-electron chi connectivity index (χ0n) is 6.14. The summed E-state index contributed by atoms with van der Waals surface area (Å²) >= 11 is 5.41. The van der Waals surface area contributed by atoms with Crippen LogP contribution in [0, 0.1) is 5.82 Å². The molecule has 0 saturated carbocycles. The number of fused-ring (bicyclic) bond motifs is 1. The lowest BCUT2D eigenvalue weighted by Gasteiger charge is -1.94. The number of carbonyl (C=O) groups is 2. The van der Waals surface area contributed by atoms with E-state index in [1.165, 1.54) is 0 Å². The highest BCUT2D eigenvalue weighted by atomic mass is 35.5. The molecule has 0 fully saturated rings. The molecule has 0 atom stereocenters. The van der Waals surface area contributed by atoms with Gasteiger partial charge in [0.25, 0.3) is 0 Å². The fourth-order valence-electron chi connectivity index (χ4n) is 1.08. The Morgan fingerprint density at radius 2 is 1.69 bits per heavy atom. The zero-order valence-corrected chi connectivity index (χ0v) is 6.89. The molecule has 2 rings (SSSR count). The first kappa shape index (κ1) is 8.19. The number of carbonyl (C=O) groups excluding carboxylic acids is 2. The molecular formula is C8H2ClFO3. The summed E-state index contributed by atoms with van der Waals surface area (Å²) < 4.78 is 17.1. The van der Waals surface area contributed by atoms with Gasteiger partial charge in [-0.05, 0) is 12.1 Å². The van der Waals surface area contributed by atoms with Gasteiger partial charge in [-0.1, -0.05) is 11.6 Å². The molecule has 1 aromatic carbocycles. The largest absolute Gasteiger partial charge is 0.386 e. The highest BCUT2D eigenvalue weighted by molar-refractivity contribution is 6.31. The second-order valence-corrected chi connectivity index (χ2v) is 2.90. The van der Waals surface area contributed by atoms with Crippen LogP contribution in [0.4, 0.5) is 4.39 Å². The second kappa shape index (κ2) is 2.53. The Morgan fingerprint density at radius 3 is 2.31 bits per heavy atom. The predicted octanol–water partition coefficient (Wildman–Crippen LogP) is 1.79. The molecule has 13 heavy (non-hydrogen) atoms. The van der Waals surface area contributed by atoms with Gasteiger partial charge in [-0.3, -0.25) is 0 Å². The van der Waals surface area contributed by atoms with Crippen LogP contribution in [-0.2, 0) is 4.74 Å². The summed E-state index contributed by atoms with van der Waals surface area (Å²) in [5.74, 6) is -2.37. The van der Waals surface area contributed by atoms with Crippen molar-refractivity contribution in [1.29, 1.82) is 0 Å². The van der Waals surface area contributed by atoms with Crippen molar-refractivity contribution in [2.24, 2.45) is 0 Å².